The lowest BCUT2D eigenvalue weighted by Gasteiger charge is -2.39. The van der Waals surface area contributed by atoms with Crippen LogP contribution < -0.4 is 10.6 Å². The van der Waals surface area contributed by atoms with Crippen molar-refractivity contribution in [1.29, 1.82) is 0 Å². The molecule has 2 N–H and O–H groups in total. The zero-order chi connectivity index (χ0) is 14.8. The molecule has 6 heteroatoms. The molecule has 0 atom stereocenters. The minimum Gasteiger partial charge on any atom is -0.324 e. The highest BCUT2D eigenvalue weighted by molar-refractivity contribution is 6.31. The van der Waals surface area contributed by atoms with Gasteiger partial charge in [0.25, 0.3) is 0 Å². The average Bonchev–Trinajstić information content (AvgIpc) is 2.44. The largest absolute Gasteiger partial charge is 0.324 e. The first-order valence-corrected chi connectivity index (χ1v) is 7.01. The van der Waals surface area contributed by atoms with Crippen molar-refractivity contribution in [3.8, 4) is 0 Å². The van der Waals surface area contributed by atoms with Crippen molar-refractivity contribution in [1.82, 2.24) is 10.2 Å². The lowest BCUT2D eigenvalue weighted by atomic mass is 10.0. The van der Waals surface area contributed by atoms with Crippen LogP contribution in [0.2, 0.25) is 5.02 Å². The van der Waals surface area contributed by atoms with Crippen LogP contribution in [0.5, 0.6) is 0 Å². The van der Waals surface area contributed by atoms with Gasteiger partial charge in [-0.2, -0.15) is 0 Å². The second-order valence-electron chi connectivity index (χ2n) is 5.38. The Morgan fingerprint density at radius 2 is 2.05 bits per heavy atom. The van der Waals surface area contributed by atoms with E-state index >= 15 is 0 Å². The molecule has 0 saturated carbocycles. The Labute approximate surface area is 123 Å². The molecule has 0 aliphatic carbocycles. The van der Waals surface area contributed by atoms with E-state index in [1.165, 1.54) is 18.2 Å². The van der Waals surface area contributed by atoms with Crippen molar-refractivity contribution in [2.24, 2.45) is 0 Å². The van der Waals surface area contributed by atoms with Crippen molar-refractivity contribution in [3.63, 3.8) is 0 Å². The topological polar surface area (TPSA) is 44.4 Å². The van der Waals surface area contributed by atoms with Crippen LogP contribution in [0.25, 0.3) is 0 Å². The van der Waals surface area contributed by atoms with Gasteiger partial charge in [-0.05, 0) is 32.0 Å². The monoisotopic (exact) mass is 299 g/mol. The highest BCUT2D eigenvalue weighted by atomic mass is 35.5. The fourth-order valence-electron chi connectivity index (χ4n) is 2.23. The Balaban J connectivity index is 2.07. The predicted octanol–water partition coefficient (Wildman–Crippen LogP) is 2.10. The third-order valence-corrected chi connectivity index (χ3v) is 3.93. The molecule has 0 unspecified atom stereocenters. The minimum atomic E-state index is -0.622. The van der Waals surface area contributed by atoms with E-state index in [2.05, 4.69) is 15.5 Å². The van der Waals surface area contributed by atoms with Crippen molar-refractivity contribution < 1.29 is 9.18 Å². The van der Waals surface area contributed by atoms with Gasteiger partial charge in [-0.15, -0.1) is 0 Å². The summed E-state index contributed by atoms with van der Waals surface area (Å²) < 4.78 is 13.1. The summed E-state index contributed by atoms with van der Waals surface area (Å²) in [5, 5.41) is 6.05. The summed E-state index contributed by atoms with van der Waals surface area (Å²) in [7, 11) is 0. The van der Waals surface area contributed by atoms with Gasteiger partial charge in [0.2, 0.25) is 5.91 Å². The SMILES string of the molecule is CC(C)(C(=O)Nc1ccc(F)c(Cl)c1)N1CCNCC1. The normalized spacial score (nSPS) is 17.0. The van der Waals surface area contributed by atoms with Crippen LogP contribution in [0, 0.1) is 5.82 Å². The van der Waals surface area contributed by atoms with Crippen LogP contribution in [0.4, 0.5) is 10.1 Å². The van der Waals surface area contributed by atoms with E-state index in [-0.39, 0.29) is 10.9 Å². The van der Waals surface area contributed by atoms with E-state index in [1.54, 1.807) is 0 Å². The van der Waals surface area contributed by atoms with Crippen LogP contribution in [0.3, 0.4) is 0 Å². The predicted molar refractivity (Wildman–Crippen MR) is 78.6 cm³/mol. The smallest absolute Gasteiger partial charge is 0.244 e. The Kier molecular flexibility index (Phi) is 4.62. The van der Waals surface area contributed by atoms with E-state index in [0.29, 0.717) is 5.69 Å². The maximum Gasteiger partial charge on any atom is 0.244 e. The van der Waals surface area contributed by atoms with E-state index < -0.39 is 11.4 Å². The molecule has 20 heavy (non-hydrogen) atoms. The Morgan fingerprint density at radius 3 is 2.65 bits per heavy atom. The maximum atomic E-state index is 13.1. The summed E-state index contributed by atoms with van der Waals surface area (Å²) in [6.07, 6.45) is 0. The summed E-state index contributed by atoms with van der Waals surface area (Å²) in [6.45, 7) is 7.17. The molecule has 1 fully saturated rings. The summed E-state index contributed by atoms with van der Waals surface area (Å²) in [4.78, 5) is 14.5. The average molecular weight is 300 g/mol. The fourth-order valence-corrected chi connectivity index (χ4v) is 2.41. The van der Waals surface area contributed by atoms with Gasteiger partial charge in [0.15, 0.2) is 0 Å². The molecule has 0 bridgehead atoms. The number of piperazine rings is 1. The molecule has 1 aromatic carbocycles. The van der Waals surface area contributed by atoms with Crippen molar-refractivity contribution in [2.45, 2.75) is 19.4 Å². The second kappa shape index (κ2) is 6.08. The summed E-state index contributed by atoms with van der Waals surface area (Å²) in [5.74, 6) is -0.617. The minimum absolute atomic E-state index is 0.00257. The van der Waals surface area contributed by atoms with E-state index in [9.17, 15) is 9.18 Å². The van der Waals surface area contributed by atoms with Crippen LogP contribution in [0.1, 0.15) is 13.8 Å². The Morgan fingerprint density at radius 1 is 1.40 bits per heavy atom. The molecule has 0 radical (unpaired) electrons. The summed E-state index contributed by atoms with van der Waals surface area (Å²) >= 11 is 5.72. The first kappa shape index (κ1) is 15.2. The van der Waals surface area contributed by atoms with Crippen molar-refractivity contribution >= 4 is 23.2 Å². The zero-order valence-corrected chi connectivity index (χ0v) is 12.4. The number of benzene rings is 1. The van der Waals surface area contributed by atoms with Crippen LogP contribution >= 0.6 is 11.6 Å². The van der Waals surface area contributed by atoms with E-state index in [1.807, 2.05) is 13.8 Å². The molecule has 1 aromatic rings. The number of nitrogens with one attached hydrogen (secondary N) is 2. The van der Waals surface area contributed by atoms with E-state index in [0.717, 1.165) is 26.2 Å². The van der Waals surface area contributed by atoms with Gasteiger partial charge in [-0.25, -0.2) is 4.39 Å². The molecule has 2 rings (SSSR count). The maximum absolute atomic E-state index is 13.1. The number of halogens is 2. The molecule has 1 saturated heterocycles. The lowest BCUT2D eigenvalue weighted by Crippen LogP contribution is -2.58. The van der Waals surface area contributed by atoms with Gasteiger partial charge in [0.1, 0.15) is 5.82 Å². The molecule has 0 spiro atoms. The zero-order valence-electron chi connectivity index (χ0n) is 11.7. The molecule has 1 heterocycles. The molecular formula is C14H19ClFN3O. The summed E-state index contributed by atoms with van der Waals surface area (Å²) in [5.41, 5.74) is -0.118. The molecule has 1 aliphatic heterocycles. The number of anilines is 1. The second-order valence-corrected chi connectivity index (χ2v) is 5.79. The van der Waals surface area contributed by atoms with Crippen molar-refractivity contribution in [3.05, 3.63) is 29.0 Å². The van der Waals surface area contributed by atoms with Gasteiger partial charge < -0.3 is 10.6 Å². The Bertz CT molecular complexity index is 501. The number of nitrogens with zero attached hydrogens (tertiary/aromatic N) is 1. The number of amides is 1. The van der Waals surface area contributed by atoms with Gasteiger partial charge in [0.05, 0.1) is 10.6 Å². The van der Waals surface area contributed by atoms with Gasteiger partial charge >= 0.3 is 0 Å². The molecule has 1 amide bonds. The Hall–Kier alpha value is -1.17. The lowest BCUT2D eigenvalue weighted by molar-refractivity contribution is -0.126. The van der Waals surface area contributed by atoms with Gasteiger partial charge in [-0.1, -0.05) is 11.6 Å². The number of rotatable bonds is 3. The number of hydrogen-bond acceptors (Lipinski definition) is 3. The molecule has 4 nitrogen and oxygen atoms in total. The first-order valence-electron chi connectivity index (χ1n) is 6.63. The molecular weight excluding hydrogens is 281 g/mol. The number of carbonyl (C=O) groups is 1. The van der Waals surface area contributed by atoms with Gasteiger partial charge in [0, 0.05) is 31.9 Å². The number of carbonyl (C=O) groups excluding carboxylic acids is 1. The highest BCUT2D eigenvalue weighted by Crippen LogP contribution is 2.22. The first-order chi connectivity index (χ1) is 9.41. The fraction of sp³-hybridized carbons (Fsp3) is 0.500. The van der Waals surface area contributed by atoms with Crippen LogP contribution in [0.15, 0.2) is 18.2 Å². The van der Waals surface area contributed by atoms with Gasteiger partial charge in [-0.3, -0.25) is 9.69 Å². The quantitative estimate of drug-likeness (QED) is 0.898. The summed E-state index contributed by atoms with van der Waals surface area (Å²) in [6, 6.07) is 4.17. The molecule has 110 valence electrons. The molecule has 0 aromatic heterocycles. The number of hydrogen-bond donors (Lipinski definition) is 2. The third kappa shape index (κ3) is 3.29. The van der Waals surface area contributed by atoms with Crippen LogP contribution in [-0.4, -0.2) is 42.5 Å². The standard InChI is InChI=1S/C14H19ClFN3O/c1-14(2,19-7-5-17-6-8-19)13(20)18-10-3-4-12(16)11(15)9-10/h3-4,9,17H,5-8H2,1-2H3,(H,18,20). The van der Waals surface area contributed by atoms with Crippen molar-refractivity contribution in [2.75, 3.05) is 31.5 Å². The van der Waals surface area contributed by atoms with E-state index in [4.69, 9.17) is 11.6 Å². The third-order valence-electron chi connectivity index (χ3n) is 3.64. The van der Waals surface area contributed by atoms with Crippen LogP contribution in [-0.2, 0) is 4.79 Å². The molecule has 1 aliphatic rings. The highest BCUT2D eigenvalue weighted by Gasteiger charge is 2.35.